The topological polar surface area (TPSA) is 32.3 Å². The fourth-order valence-corrected chi connectivity index (χ4v) is 2.77. The van der Waals surface area contributed by atoms with Gasteiger partial charge in [-0.1, -0.05) is 28.9 Å². The average molecular weight is 311 g/mol. The highest BCUT2D eigenvalue weighted by atomic mass is 79.9. The second kappa shape index (κ2) is 5.74. The highest BCUT2D eigenvalue weighted by Gasteiger charge is 2.27. The highest BCUT2D eigenvalue weighted by Crippen LogP contribution is 2.23. The van der Waals surface area contributed by atoms with Gasteiger partial charge in [0.15, 0.2) is 0 Å². The molecule has 1 saturated heterocycles. The first kappa shape index (κ1) is 13.4. The lowest BCUT2D eigenvalue weighted by molar-refractivity contribution is 0.205. The maximum absolute atomic E-state index is 12.2. The molecule has 1 aromatic rings. The van der Waals surface area contributed by atoms with Gasteiger partial charge in [0.2, 0.25) is 0 Å². The Bertz CT molecular complexity index is 447. The van der Waals surface area contributed by atoms with Crippen LogP contribution in [0.1, 0.15) is 31.7 Å². The van der Waals surface area contributed by atoms with Crippen molar-refractivity contribution in [2.75, 3.05) is 11.9 Å². The van der Waals surface area contributed by atoms with E-state index in [0.717, 1.165) is 36.0 Å². The van der Waals surface area contributed by atoms with E-state index in [1.807, 2.05) is 30.0 Å². The zero-order valence-corrected chi connectivity index (χ0v) is 12.5. The number of hydrogen-bond acceptors (Lipinski definition) is 1. The Labute approximate surface area is 117 Å². The number of nitrogens with one attached hydrogen (secondary N) is 1. The van der Waals surface area contributed by atoms with Crippen molar-refractivity contribution in [2.45, 2.75) is 39.2 Å². The number of halogens is 1. The second-order valence-electron chi connectivity index (χ2n) is 4.79. The van der Waals surface area contributed by atoms with Crippen LogP contribution in [0.5, 0.6) is 0 Å². The molecule has 1 aliphatic rings. The Balaban J connectivity index is 2.04. The minimum absolute atomic E-state index is 0.0232. The third-order valence-corrected chi connectivity index (χ3v) is 4.39. The van der Waals surface area contributed by atoms with Gasteiger partial charge in [0, 0.05) is 22.7 Å². The quantitative estimate of drug-likeness (QED) is 0.874. The molecule has 4 heteroatoms. The molecular weight excluding hydrogens is 292 g/mol. The summed E-state index contributed by atoms with van der Waals surface area (Å²) in [5, 5.41) is 2.97. The molecule has 0 aromatic heterocycles. The van der Waals surface area contributed by atoms with Crippen molar-refractivity contribution in [2.24, 2.45) is 0 Å². The lowest BCUT2D eigenvalue weighted by Gasteiger charge is -2.24. The van der Waals surface area contributed by atoms with Gasteiger partial charge in [-0.15, -0.1) is 0 Å². The lowest BCUT2D eigenvalue weighted by atomic mass is 10.2. The van der Waals surface area contributed by atoms with Gasteiger partial charge < -0.3 is 10.2 Å². The number of aryl methyl sites for hydroxylation is 1. The minimum Gasteiger partial charge on any atom is -0.322 e. The number of nitrogens with zero attached hydrogens (tertiary/aromatic N) is 1. The summed E-state index contributed by atoms with van der Waals surface area (Å²) < 4.78 is 1.02. The molecule has 1 heterocycles. The average Bonchev–Trinajstić information content (AvgIpc) is 2.82. The Kier molecular flexibility index (Phi) is 4.27. The number of rotatable bonds is 2. The van der Waals surface area contributed by atoms with Gasteiger partial charge in [-0.2, -0.15) is 0 Å². The number of amides is 2. The molecule has 2 amide bonds. The number of anilines is 1. The molecule has 1 N–H and O–H groups in total. The Morgan fingerprint density at radius 2 is 2.33 bits per heavy atom. The maximum Gasteiger partial charge on any atom is 0.322 e. The summed E-state index contributed by atoms with van der Waals surface area (Å²) in [5.74, 6) is 0. The van der Waals surface area contributed by atoms with Crippen LogP contribution < -0.4 is 5.32 Å². The van der Waals surface area contributed by atoms with Gasteiger partial charge >= 0.3 is 6.03 Å². The lowest BCUT2D eigenvalue weighted by Crippen LogP contribution is -2.38. The van der Waals surface area contributed by atoms with Crippen molar-refractivity contribution >= 4 is 27.6 Å². The van der Waals surface area contributed by atoms with E-state index in [-0.39, 0.29) is 6.03 Å². The predicted molar refractivity (Wildman–Crippen MR) is 77.9 cm³/mol. The largest absolute Gasteiger partial charge is 0.322 e. The smallest absolute Gasteiger partial charge is 0.322 e. The van der Waals surface area contributed by atoms with Crippen LogP contribution >= 0.6 is 15.9 Å². The van der Waals surface area contributed by atoms with Crippen molar-refractivity contribution in [3.63, 3.8) is 0 Å². The van der Waals surface area contributed by atoms with Gasteiger partial charge in [0.25, 0.3) is 0 Å². The number of urea groups is 1. The van der Waals surface area contributed by atoms with Gasteiger partial charge in [0.05, 0.1) is 0 Å². The zero-order valence-electron chi connectivity index (χ0n) is 10.9. The fourth-order valence-electron chi connectivity index (χ4n) is 2.39. The normalized spacial score (nSPS) is 19.1. The molecule has 18 heavy (non-hydrogen) atoms. The van der Waals surface area contributed by atoms with E-state index in [0.29, 0.717) is 6.04 Å². The van der Waals surface area contributed by atoms with Crippen LogP contribution in [0.2, 0.25) is 0 Å². The third-order valence-electron chi connectivity index (χ3n) is 3.53. The highest BCUT2D eigenvalue weighted by molar-refractivity contribution is 9.10. The first-order valence-electron chi connectivity index (χ1n) is 6.45. The van der Waals surface area contributed by atoms with E-state index in [1.54, 1.807) is 0 Å². The Morgan fingerprint density at radius 3 is 3.00 bits per heavy atom. The van der Waals surface area contributed by atoms with Crippen molar-refractivity contribution in [1.29, 1.82) is 0 Å². The van der Waals surface area contributed by atoms with Crippen LogP contribution in [-0.2, 0) is 0 Å². The summed E-state index contributed by atoms with van der Waals surface area (Å²) in [6.07, 6.45) is 3.27. The predicted octanol–water partition coefficient (Wildman–Crippen LogP) is 4.16. The number of hydrogen-bond donors (Lipinski definition) is 1. The molecule has 1 atom stereocenters. The SMILES string of the molecule is CCC1CCCN1C(=O)Nc1ccc(C)c(Br)c1. The van der Waals surface area contributed by atoms with Crippen molar-refractivity contribution in [3.8, 4) is 0 Å². The molecular formula is C14H19BrN2O. The van der Waals surface area contributed by atoms with E-state index in [4.69, 9.17) is 0 Å². The summed E-state index contributed by atoms with van der Waals surface area (Å²) >= 11 is 3.48. The first-order chi connectivity index (χ1) is 8.61. The number of likely N-dealkylation sites (tertiary alicyclic amines) is 1. The molecule has 3 nitrogen and oxygen atoms in total. The molecule has 98 valence electrons. The van der Waals surface area contributed by atoms with Crippen LogP contribution in [0.15, 0.2) is 22.7 Å². The molecule has 1 aliphatic heterocycles. The van der Waals surface area contributed by atoms with E-state index < -0.39 is 0 Å². The number of benzene rings is 1. The Morgan fingerprint density at radius 1 is 1.56 bits per heavy atom. The number of carbonyl (C=O) groups is 1. The van der Waals surface area contributed by atoms with Crippen molar-refractivity contribution < 1.29 is 4.79 Å². The van der Waals surface area contributed by atoms with Crippen LogP contribution in [-0.4, -0.2) is 23.5 Å². The summed E-state index contributed by atoms with van der Waals surface area (Å²) in [5.41, 5.74) is 2.01. The van der Waals surface area contributed by atoms with Gasteiger partial charge in [-0.3, -0.25) is 0 Å². The molecule has 1 aromatic carbocycles. The minimum atomic E-state index is 0.0232. The summed E-state index contributed by atoms with van der Waals surface area (Å²) in [6.45, 7) is 5.04. The van der Waals surface area contributed by atoms with Crippen molar-refractivity contribution in [3.05, 3.63) is 28.2 Å². The molecule has 0 saturated carbocycles. The molecule has 2 rings (SSSR count). The molecule has 1 fully saturated rings. The van der Waals surface area contributed by atoms with Crippen molar-refractivity contribution in [1.82, 2.24) is 4.90 Å². The molecule has 0 bridgehead atoms. The molecule has 0 radical (unpaired) electrons. The molecule has 0 aliphatic carbocycles. The van der Waals surface area contributed by atoms with Gasteiger partial charge in [-0.25, -0.2) is 4.79 Å². The number of carbonyl (C=O) groups excluding carboxylic acids is 1. The maximum atomic E-state index is 12.2. The van der Waals surface area contributed by atoms with E-state index >= 15 is 0 Å². The summed E-state index contributed by atoms with van der Waals surface area (Å²) in [4.78, 5) is 14.1. The first-order valence-corrected chi connectivity index (χ1v) is 7.25. The fraction of sp³-hybridized carbons (Fsp3) is 0.500. The molecule has 1 unspecified atom stereocenters. The van der Waals surface area contributed by atoms with Crippen LogP contribution in [0.3, 0.4) is 0 Å². The van der Waals surface area contributed by atoms with Crippen LogP contribution in [0.25, 0.3) is 0 Å². The monoisotopic (exact) mass is 310 g/mol. The molecule has 0 spiro atoms. The summed E-state index contributed by atoms with van der Waals surface area (Å²) in [7, 11) is 0. The zero-order chi connectivity index (χ0) is 13.1. The van der Waals surface area contributed by atoms with Crippen LogP contribution in [0.4, 0.5) is 10.5 Å². The van der Waals surface area contributed by atoms with Gasteiger partial charge in [0.1, 0.15) is 0 Å². The van der Waals surface area contributed by atoms with E-state index in [2.05, 4.69) is 28.2 Å². The van der Waals surface area contributed by atoms with E-state index in [1.165, 1.54) is 5.56 Å². The summed E-state index contributed by atoms with van der Waals surface area (Å²) in [6, 6.07) is 6.31. The second-order valence-corrected chi connectivity index (χ2v) is 5.65. The third kappa shape index (κ3) is 2.86. The Hall–Kier alpha value is -1.03. The van der Waals surface area contributed by atoms with E-state index in [9.17, 15) is 4.79 Å². The van der Waals surface area contributed by atoms with Gasteiger partial charge in [-0.05, 0) is 43.9 Å². The standard InChI is InChI=1S/C14H19BrN2O/c1-3-12-5-4-8-17(12)14(18)16-11-7-6-10(2)13(15)9-11/h6-7,9,12H,3-5,8H2,1-2H3,(H,16,18). The van der Waals surface area contributed by atoms with Crippen LogP contribution in [0, 0.1) is 6.92 Å².